The van der Waals surface area contributed by atoms with Gasteiger partial charge in [0.2, 0.25) is 0 Å². The van der Waals surface area contributed by atoms with E-state index in [2.05, 4.69) is 46.8 Å². The minimum atomic E-state index is -0.0113. The summed E-state index contributed by atoms with van der Waals surface area (Å²) in [5.41, 5.74) is 3.93. The summed E-state index contributed by atoms with van der Waals surface area (Å²) >= 11 is 0. The highest BCUT2D eigenvalue weighted by atomic mass is 35.5. The van der Waals surface area contributed by atoms with Crippen molar-refractivity contribution in [3.8, 4) is 11.1 Å². The Morgan fingerprint density at radius 1 is 1.04 bits per heavy atom. The van der Waals surface area contributed by atoms with Crippen LogP contribution in [0.4, 0.5) is 0 Å². The van der Waals surface area contributed by atoms with Crippen LogP contribution in [0.1, 0.15) is 41.6 Å². The summed E-state index contributed by atoms with van der Waals surface area (Å²) < 4.78 is 0. The number of aryl methyl sites for hydroxylation is 1. The molecule has 2 aliphatic heterocycles. The summed E-state index contributed by atoms with van der Waals surface area (Å²) in [4.78, 5) is 16.9. The SMILES string of the molecule is Cc1ccc(-c2cncc(C(=O)NC3CC4CCC(C3)N4)c2)cc1.Cl.Cl. The van der Waals surface area contributed by atoms with Gasteiger partial charge in [-0.15, -0.1) is 24.8 Å². The first-order valence-electron chi connectivity index (χ1n) is 8.76. The number of hydrogen-bond acceptors (Lipinski definition) is 3. The number of benzene rings is 1. The van der Waals surface area contributed by atoms with Gasteiger partial charge < -0.3 is 10.6 Å². The van der Waals surface area contributed by atoms with Gasteiger partial charge in [-0.05, 0) is 44.2 Å². The predicted molar refractivity (Wildman–Crippen MR) is 109 cm³/mol. The molecule has 26 heavy (non-hydrogen) atoms. The number of halogens is 2. The lowest BCUT2D eigenvalue weighted by Gasteiger charge is -2.29. The van der Waals surface area contributed by atoms with Crippen molar-refractivity contribution in [3.63, 3.8) is 0 Å². The summed E-state index contributed by atoms with van der Waals surface area (Å²) in [6.07, 6.45) is 8.01. The van der Waals surface area contributed by atoms with E-state index in [1.54, 1.807) is 6.20 Å². The van der Waals surface area contributed by atoms with Gasteiger partial charge in [-0.2, -0.15) is 0 Å². The monoisotopic (exact) mass is 393 g/mol. The molecule has 4 rings (SSSR count). The molecule has 2 fully saturated rings. The van der Waals surface area contributed by atoms with E-state index in [-0.39, 0.29) is 36.8 Å². The Kier molecular flexibility index (Phi) is 7.04. The van der Waals surface area contributed by atoms with Gasteiger partial charge >= 0.3 is 0 Å². The van der Waals surface area contributed by atoms with Crippen LogP contribution in [0.5, 0.6) is 0 Å². The standard InChI is InChI=1S/C20H23N3O.2ClH/c1-13-2-4-14(5-3-13)15-8-16(12-21-11-15)20(24)23-19-9-17-6-7-18(10-19)22-17;;/h2-5,8,11-12,17-19,22H,6-7,9-10H2,1H3,(H,23,24);2*1H. The number of hydrogen-bond donors (Lipinski definition) is 2. The van der Waals surface area contributed by atoms with Crippen molar-refractivity contribution in [2.45, 2.75) is 50.7 Å². The molecule has 2 aromatic rings. The Morgan fingerprint density at radius 3 is 2.35 bits per heavy atom. The molecule has 2 unspecified atom stereocenters. The Hall–Kier alpha value is -1.62. The van der Waals surface area contributed by atoms with E-state index in [1.165, 1.54) is 18.4 Å². The number of carbonyl (C=O) groups is 1. The van der Waals surface area contributed by atoms with Gasteiger partial charge in [0, 0.05) is 36.1 Å². The molecule has 2 N–H and O–H groups in total. The number of fused-ring (bicyclic) bond motifs is 2. The van der Waals surface area contributed by atoms with Gasteiger partial charge in [0.25, 0.3) is 5.91 Å². The molecule has 6 heteroatoms. The van der Waals surface area contributed by atoms with E-state index in [0.717, 1.165) is 24.0 Å². The minimum absolute atomic E-state index is 0. The molecular weight excluding hydrogens is 369 g/mol. The number of pyridine rings is 1. The van der Waals surface area contributed by atoms with Crippen LogP contribution in [-0.4, -0.2) is 29.0 Å². The fourth-order valence-corrected chi connectivity index (χ4v) is 3.91. The Labute approximate surface area is 167 Å². The second-order valence-corrected chi connectivity index (χ2v) is 7.11. The Morgan fingerprint density at radius 2 is 1.69 bits per heavy atom. The van der Waals surface area contributed by atoms with Crippen LogP contribution in [0.15, 0.2) is 42.7 Å². The second-order valence-electron chi connectivity index (χ2n) is 7.11. The van der Waals surface area contributed by atoms with Crippen molar-refractivity contribution in [2.24, 2.45) is 0 Å². The van der Waals surface area contributed by atoms with Crippen LogP contribution in [-0.2, 0) is 0 Å². The van der Waals surface area contributed by atoms with Gasteiger partial charge in [0.1, 0.15) is 0 Å². The third-order valence-electron chi connectivity index (χ3n) is 5.19. The molecule has 0 saturated carbocycles. The molecule has 0 spiro atoms. The summed E-state index contributed by atoms with van der Waals surface area (Å²) in [5, 5.41) is 6.81. The lowest BCUT2D eigenvalue weighted by molar-refractivity contribution is 0.0923. The lowest BCUT2D eigenvalue weighted by Crippen LogP contribution is -2.48. The Balaban J connectivity index is 0.00000121. The topological polar surface area (TPSA) is 54.0 Å². The van der Waals surface area contributed by atoms with Crippen molar-refractivity contribution in [2.75, 3.05) is 0 Å². The van der Waals surface area contributed by atoms with Crippen molar-refractivity contribution in [1.29, 1.82) is 0 Å². The van der Waals surface area contributed by atoms with Crippen LogP contribution < -0.4 is 10.6 Å². The van der Waals surface area contributed by atoms with Crippen molar-refractivity contribution in [1.82, 2.24) is 15.6 Å². The summed E-state index contributed by atoms with van der Waals surface area (Å²) in [5.74, 6) is -0.0113. The van der Waals surface area contributed by atoms with Crippen molar-refractivity contribution < 1.29 is 4.79 Å². The van der Waals surface area contributed by atoms with E-state index in [4.69, 9.17) is 0 Å². The molecule has 4 nitrogen and oxygen atoms in total. The number of piperidine rings is 1. The van der Waals surface area contributed by atoms with Crippen molar-refractivity contribution in [3.05, 3.63) is 53.9 Å². The van der Waals surface area contributed by atoms with Gasteiger partial charge in [0.05, 0.1) is 5.56 Å². The third-order valence-corrected chi connectivity index (χ3v) is 5.19. The maximum absolute atomic E-state index is 12.6. The number of carbonyl (C=O) groups excluding carboxylic acids is 1. The zero-order valence-electron chi connectivity index (χ0n) is 14.8. The van der Waals surface area contributed by atoms with Crippen LogP contribution in [0, 0.1) is 6.92 Å². The number of amides is 1. The number of nitrogens with one attached hydrogen (secondary N) is 2. The van der Waals surface area contributed by atoms with E-state index in [9.17, 15) is 4.79 Å². The minimum Gasteiger partial charge on any atom is -0.349 e. The molecule has 2 atom stereocenters. The first-order valence-corrected chi connectivity index (χ1v) is 8.76. The van der Waals surface area contributed by atoms with Crippen LogP contribution in [0.25, 0.3) is 11.1 Å². The van der Waals surface area contributed by atoms with Crippen LogP contribution in [0.3, 0.4) is 0 Å². The average molecular weight is 394 g/mol. The van der Waals surface area contributed by atoms with Gasteiger partial charge in [-0.1, -0.05) is 29.8 Å². The van der Waals surface area contributed by atoms with Gasteiger partial charge in [-0.3, -0.25) is 9.78 Å². The number of rotatable bonds is 3. The molecule has 2 saturated heterocycles. The zero-order valence-corrected chi connectivity index (χ0v) is 16.4. The van der Waals surface area contributed by atoms with Gasteiger partial charge in [0.15, 0.2) is 0 Å². The first-order chi connectivity index (χ1) is 11.7. The normalized spacial score (nSPS) is 23.5. The lowest BCUT2D eigenvalue weighted by atomic mass is 9.99. The maximum atomic E-state index is 12.6. The van der Waals surface area contributed by atoms with Crippen LogP contribution >= 0.6 is 24.8 Å². The van der Waals surface area contributed by atoms with E-state index >= 15 is 0 Å². The molecule has 2 aliphatic rings. The molecule has 2 bridgehead atoms. The Bertz CT molecular complexity index is 739. The highest BCUT2D eigenvalue weighted by Gasteiger charge is 2.34. The van der Waals surface area contributed by atoms with E-state index < -0.39 is 0 Å². The van der Waals surface area contributed by atoms with E-state index in [0.29, 0.717) is 17.6 Å². The fraction of sp³-hybridized carbons (Fsp3) is 0.400. The van der Waals surface area contributed by atoms with Gasteiger partial charge in [-0.25, -0.2) is 0 Å². The summed E-state index contributed by atoms with van der Waals surface area (Å²) in [7, 11) is 0. The number of aromatic nitrogens is 1. The first kappa shape index (κ1) is 20.7. The largest absolute Gasteiger partial charge is 0.349 e. The molecule has 0 radical (unpaired) electrons. The predicted octanol–water partition coefficient (Wildman–Crippen LogP) is 3.91. The molecule has 1 aromatic heterocycles. The maximum Gasteiger partial charge on any atom is 0.253 e. The molecule has 1 aromatic carbocycles. The van der Waals surface area contributed by atoms with Crippen molar-refractivity contribution >= 4 is 30.7 Å². The second kappa shape index (κ2) is 8.85. The fourth-order valence-electron chi connectivity index (χ4n) is 3.91. The highest BCUT2D eigenvalue weighted by Crippen LogP contribution is 2.27. The third kappa shape index (κ3) is 4.56. The molecule has 3 heterocycles. The highest BCUT2D eigenvalue weighted by molar-refractivity contribution is 5.95. The average Bonchev–Trinajstić information content (AvgIpc) is 2.94. The quantitative estimate of drug-likeness (QED) is 0.830. The number of nitrogens with zero attached hydrogens (tertiary/aromatic N) is 1. The smallest absolute Gasteiger partial charge is 0.253 e. The molecular formula is C20H25Cl2N3O. The molecule has 140 valence electrons. The summed E-state index contributed by atoms with van der Waals surface area (Å²) in [6.45, 7) is 2.07. The molecule has 0 aliphatic carbocycles. The summed E-state index contributed by atoms with van der Waals surface area (Å²) in [6, 6.07) is 11.6. The molecule has 1 amide bonds. The van der Waals surface area contributed by atoms with E-state index in [1.807, 2.05) is 12.3 Å². The van der Waals surface area contributed by atoms with Crippen LogP contribution in [0.2, 0.25) is 0 Å². The zero-order chi connectivity index (χ0) is 16.5.